The molecule has 0 N–H and O–H groups in total. The second-order valence-corrected chi connectivity index (χ2v) is 10.1. The zero-order valence-electron chi connectivity index (χ0n) is 17.5. The first-order chi connectivity index (χ1) is 14.0. The van der Waals surface area contributed by atoms with Gasteiger partial charge in [0, 0.05) is 43.0 Å². The number of nitrogens with zero attached hydrogens (tertiary/aromatic N) is 3. The monoisotopic (exact) mass is 433 g/mol. The molecule has 2 aliphatic rings. The minimum Gasteiger partial charge on any atom is -0.373 e. The van der Waals surface area contributed by atoms with E-state index in [0.29, 0.717) is 12.2 Å². The van der Waals surface area contributed by atoms with Crippen molar-refractivity contribution in [1.82, 2.24) is 14.8 Å². The molecule has 1 aromatic carbocycles. The van der Waals surface area contributed by atoms with Gasteiger partial charge in [-0.1, -0.05) is 23.7 Å². The molecular weight excluding hydrogens is 402 g/mol. The van der Waals surface area contributed by atoms with Crippen LogP contribution in [0.5, 0.6) is 0 Å². The lowest BCUT2D eigenvalue weighted by atomic mass is 9.95. The van der Waals surface area contributed by atoms with Gasteiger partial charge in [-0.3, -0.25) is 9.80 Å². The molecule has 2 fully saturated rings. The first-order valence-corrected chi connectivity index (χ1v) is 12.1. The summed E-state index contributed by atoms with van der Waals surface area (Å²) in [6, 6.07) is 8.08. The third-order valence-electron chi connectivity index (χ3n) is 5.97. The SMILES string of the molecule is CC1CN(CC2CCN(Cc3csc(Cc4ccc(Cl)cc4)n3)CC2)CC(C)O1. The van der Waals surface area contributed by atoms with E-state index in [1.165, 1.54) is 48.7 Å². The van der Waals surface area contributed by atoms with Crippen molar-refractivity contribution in [3.63, 3.8) is 0 Å². The molecule has 158 valence electrons. The number of piperidine rings is 1. The van der Waals surface area contributed by atoms with E-state index in [-0.39, 0.29) is 0 Å². The van der Waals surface area contributed by atoms with Crippen LogP contribution in [0.2, 0.25) is 5.02 Å². The van der Waals surface area contributed by atoms with E-state index in [2.05, 4.69) is 41.2 Å². The van der Waals surface area contributed by atoms with Gasteiger partial charge in [-0.15, -0.1) is 11.3 Å². The van der Waals surface area contributed by atoms with Gasteiger partial charge in [-0.25, -0.2) is 4.98 Å². The highest BCUT2D eigenvalue weighted by molar-refractivity contribution is 7.09. The molecule has 0 amide bonds. The van der Waals surface area contributed by atoms with Crippen LogP contribution in [0.3, 0.4) is 0 Å². The summed E-state index contributed by atoms with van der Waals surface area (Å²) >= 11 is 7.75. The maximum Gasteiger partial charge on any atom is 0.0972 e. The van der Waals surface area contributed by atoms with Crippen molar-refractivity contribution in [1.29, 1.82) is 0 Å². The molecule has 2 saturated heterocycles. The van der Waals surface area contributed by atoms with Gasteiger partial charge in [0.1, 0.15) is 0 Å². The van der Waals surface area contributed by atoms with Crippen molar-refractivity contribution in [2.75, 3.05) is 32.7 Å². The number of likely N-dealkylation sites (tertiary alicyclic amines) is 1. The van der Waals surface area contributed by atoms with Crippen LogP contribution in [0.15, 0.2) is 29.6 Å². The average Bonchev–Trinajstić information content (AvgIpc) is 3.11. The van der Waals surface area contributed by atoms with Crippen LogP contribution in [0.25, 0.3) is 0 Å². The lowest BCUT2D eigenvalue weighted by molar-refractivity contribution is -0.0732. The third-order valence-corrected chi connectivity index (χ3v) is 7.12. The first-order valence-electron chi connectivity index (χ1n) is 10.8. The van der Waals surface area contributed by atoms with Gasteiger partial charge in [0.15, 0.2) is 0 Å². The zero-order chi connectivity index (χ0) is 20.2. The van der Waals surface area contributed by atoms with E-state index in [4.69, 9.17) is 21.3 Å². The van der Waals surface area contributed by atoms with Gasteiger partial charge >= 0.3 is 0 Å². The molecule has 4 rings (SSSR count). The standard InChI is InChI=1S/C23H32ClN3OS/c1-17-12-27(13-18(2)28-17)14-20-7-9-26(10-8-20)15-22-16-29-23(25-22)11-19-3-5-21(24)6-4-19/h3-6,16-18,20H,7-15H2,1-2H3. The molecule has 4 nitrogen and oxygen atoms in total. The molecule has 0 radical (unpaired) electrons. The molecule has 0 aliphatic carbocycles. The van der Waals surface area contributed by atoms with E-state index < -0.39 is 0 Å². The van der Waals surface area contributed by atoms with E-state index in [1.54, 1.807) is 11.3 Å². The van der Waals surface area contributed by atoms with Crippen LogP contribution in [0.4, 0.5) is 0 Å². The summed E-state index contributed by atoms with van der Waals surface area (Å²) in [5.41, 5.74) is 2.48. The smallest absolute Gasteiger partial charge is 0.0972 e. The molecule has 0 saturated carbocycles. The van der Waals surface area contributed by atoms with Crippen LogP contribution in [0.1, 0.15) is 43.0 Å². The van der Waals surface area contributed by atoms with Crippen LogP contribution in [-0.2, 0) is 17.7 Å². The van der Waals surface area contributed by atoms with Crippen molar-refractivity contribution >= 4 is 22.9 Å². The predicted molar refractivity (Wildman–Crippen MR) is 121 cm³/mol. The molecule has 29 heavy (non-hydrogen) atoms. The Bertz CT molecular complexity index is 763. The highest BCUT2D eigenvalue weighted by Gasteiger charge is 2.26. The number of morpholine rings is 1. The molecule has 2 aliphatic heterocycles. The quantitative estimate of drug-likeness (QED) is 0.659. The largest absolute Gasteiger partial charge is 0.373 e. The summed E-state index contributed by atoms with van der Waals surface area (Å²) in [4.78, 5) is 10.1. The van der Waals surface area contributed by atoms with Gasteiger partial charge in [-0.05, 0) is 63.4 Å². The Kier molecular flexibility index (Phi) is 7.25. The predicted octanol–water partition coefficient (Wildman–Crippen LogP) is 4.71. The highest BCUT2D eigenvalue weighted by Crippen LogP contribution is 2.23. The van der Waals surface area contributed by atoms with Gasteiger partial charge in [-0.2, -0.15) is 0 Å². The van der Waals surface area contributed by atoms with E-state index in [9.17, 15) is 0 Å². The normalized spacial score (nSPS) is 24.8. The topological polar surface area (TPSA) is 28.6 Å². The van der Waals surface area contributed by atoms with E-state index >= 15 is 0 Å². The van der Waals surface area contributed by atoms with Crippen molar-refractivity contribution in [2.45, 2.75) is 51.9 Å². The number of hydrogen-bond donors (Lipinski definition) is 0. The van der Waals surface area contributed by atoms with E-state index in [0.717, 1.165) is 37.0 Å². The minimum atomic E-state index is 0.366. The lowest BCUT2D eigenvalue weighted by Crippen LogP contribution is -2.48. The zero-order valence-corrected chi connectivity index (χ0v) is 19.1. The van der Waals surface area contributed by atoms with Crippen LogP contribution >= 0.6 is 22.9 Å². The summed E-state index contributed by atoms with van der Waals surface area (Å²) < 4.78 is 5.87. The Morgan fingerprint density at radius 2 is 1.76 bits per heavy atom. The Hall–Kier alpha value is -0.980. The summed E-state index contributed by atoms with van der Waals surface area (Å²) in [5, 5.41) is 4.20. The second-order valence-electron chi connectivity index (χ2n) is 8.73. The number of halogens is 1. The summed E-state index contributed by atoms with van der Waals surface area (Å²) in [6.45, 7) is 11.1. The fourth-order valence-corrected chi connectivity index (χ4v) is 5.58. The van der Waals surface area contributed by atoms with Gasteiger partial charge < -0.3 is 4.74 Å². The second kappa shape index (κ2) is 9.88. The number of aromatic nitrogens is 1. The molecule has 0 spiro atoms. The molecule has 2 atom stereocenters. The van der Waals surface area contributed by atoms with Gasteiger partial charge in [0.25, 0.3) is 0 Å². The molecule has 6 heteroatoms. The summed E-state index contributed by atoms with van der Waals surface area (Å²) in [7, 11) is 0. The van der Waals surface area contributed by atoms with Crippen molar-refractivity contribution in [3.8, 4) is 0 Å². The van der Waals surface area contributed by atoms with Crippen LogP contribution in [-0.4, -0.2) is 59.7 Å². The Morgan fingerprint density at radius 3 is 2.45 bits per heavy atom. The molecule has 3 heterocycles. The molecular formula is C23H32ClN3OS. The molecule has 0 bridgehead atoms. The first kappa shape index (κ1) is 21.3. The molecule has 1 aromatic heterocycles. The van der Waals surface area contributed by atoms with Crippen LogP contribution in [0, 0.1) is 5.92 Å². The highest BCUT2D eigenvalue weighted by atomic mass is 35.5. The molecule has 2 aromatic rings. The number of ether oxygens (including phenoxy) is 1. The fourth-order valence-electron chi connectivity index (χ4n) is 4.63. The maximum atomic E-state index is 5.98. The van der Waals surface area contributed by atoms with Crippen molar-refractivity contribution in [3.05, 3.63) is 50.9 Å². The Morgan fingerprint density at radius 1 is 1.07 bits per heavy atom. The number of benzene rings is 1. The summed E-state index contributed by atoms with van der Waals surface area (Å²) in [5.74, 6) is 0.819. The van der Waals surface area contributed by atoms with Gasteiger partial charge in [0.05, 0.1) is 22.9 Å². The van der Waals surface area contributed by atoms with Crippen LogP contribution < -0.4 is 0 Å². The van der Waals surface area contributed by atoms with Gasteiger partial charge in [0.2, 0.25) is 0 Å². The number of hydrogen-bond acceptors (Lipinski definition) is 5. The van der Waals surface area contributed by atoms with Crippen molar-refractivity contribution in [2.24, 2.45) is 5.92 Å². The maximum absolute atomic E-state index is 5.98. The van der Waals surface area contributed by atoms with E-state index in [1.807, 2.05) is 12.1 Å². The fraction of sp³-hybridized carbons (Fsp3) is 0.609. The Labute approximate surface area is 183 Å². The molecule has 2 unspecified atom stereocenters. The Balaban J connectivity index is 1.22. The lowest BCUT2D eigenvalue weighted by Gasteiger charge is -2.39. The minimum absolute atomic E-state index is 0.366. The average molecular weight is 434 g/mol. The van der Waals surface area contributed by atoms with Crippen molar-refractivity contribution < 1.29 is 4.74 Å². The summed E-state index contributed by atoms with van der Waals surface area (Å²) in [6.07, 6.45) is 4.21. The third kappa shape index (κ3) is 6.25. The number of rotatable bonds is 6. The number of thiazole rings is 1.